The van der Waals surface area contributed by atoms with Crippen LogP contribution >= 0.6 is 11.6 Å². The zero-order valence-corrected chi connectivity index (χ0v) is 15.8. The predicted molar refractivity (Wildman–Crippen MR) is 108 cm³/mol. The highest BCUT2D eigenvalue weighted by molar-refractivity contribution is 6.30. The second kappa shape index (κ2) is 9.14. The summed E-state index contributed by atoms with van der Waals surface area (Å²) < 4.78 is 0. The topological polar surface area (TPSA) is 66.9 Å². The lowest BCUT2D eigenvalue weighted by atomic mass is 10.1. The first-order valence-electron chi connectivity index (χ1n) is 8.78. The summed E-state index contributed by atoms with van der Waals surface area (Å²) in [6.07, 6.45) is 3.76. The first-order chi connectivity index (χ1) is 13.1. The summed E-state index contributed by atoms with van der Waals surface area (Å²) in [5.41, 5.74) is 2.52. The fraction of sp³-hybridized carbons (Fsp3) is 0.190. The number of rotatable bonds is 7. The number of halogens is 1. The molecule has 0 fully saturated rings. The van der Waals surface area contributed by atoms with Gasteiger partial charge in [0.1, 0.15) is 11.5 Å². The Balaban J connectivity index is 1.51. The van der Waals surface area contributed by atoms with Gasteiger partial charge in [0.25, 0.3) is 5.91 Å². The molecule has 1 heterocycles. The van der Waals surface area contributed by atoms with E-state index in [0.29, 0.717) is 29.5 Å². The maximum absolute atomic E-state index is 12.2. The molecule has 6 heteroatoms. The molecule has 27 heavy (non-hydrogen) atoms. The van der Waals surface area contributed by atoms with Gasteiger partial charge in [-0.1, -0.05) is 54.1 Å². The summed E-state index contributed by atoms with van der Waals surface area (Å²) in [7, 11) is 0. The third-order valence-electron chi connectivity index (χ3n) is 4.14. The number of benzene rings is 2. The highest BCUT2D eigenvalue weighted by Crippen LogP contribution is 2.16. The Kier molecular flexibility index (Phi) is 6.39. The summed E-state index contributed by atoms with van der Waals surface area (Å²) in [6, 6.07) is 17.8. The number of amides is 1. The Hall–Kier alpha value is -2.92. The summed E-state index contributed by atoms with van der Waals surface area (Å²) in [4.78, 5) is 20.7. The summed E-state index contributed by atoms with van der Waals surface area (Å²) >= 11 is 5.96. The largest absolute Gasteiger partial charge is 0.362 e. The highest BCUT2D eigenvalue weighted by atomic mass is 35.5. The van der Waals surface area contributed by atoms with Crippen LogP contribution in [0.25, 0.3) is 0 Å². The number of hydrogen-bond acceptors (Lipinski definition) is 4. The van der Waals surface area contributed by atoms with Crippen molar-refractivity contribution in [3.63, 3.8) is 0 Å². The first kappa shape index (κ1) is 18.9. The van der Waals surface area contributed by atoms with E-state index in [2.05, 4.69) is 20.6 Å². The van der Waals surface area contributed by atoms with E-state index in [1.165, 1.54) is 6.20 Å². The second-order valence-corrected chi connectivity index (χ2v) is 6.64. The minimum absolute atomic E-state index is 0.0953. The minimum atomic E-state index is -0.243. The molecule has 1 unspecified atom stereocenters. The smallest absolute Gasteiger partial charge is 0.271 e. The van der Waals surface area contributed by atoms with Crippen LogP contribution in [0.15, 0.2) is 67.0 Å². The molecule has 2 aromatic carbocycles. The molecule has 1 aromatic heterocycles. The molecule has 0 aliphatic rings. The Morgan fingerprint density at radius 3 is 2.59 bits per heavy atom. The highest BCUT2D eigenvalue weighted by Gasteiger charge is 2.09. The average Bonchev–Trinajstić information content (AvgIpc) is 2.69. The molecule has 0 spiro atoms. The lowest BCUT2D eigenvalue weighted by Crippen LogP contribution is -2.26. The van der Waals surface area contributed by atoms with Gasteiger partial charge in [-0.05, 0) is 36.6 Å². The molecule has 0 aliphatic heterocycles. The average molecular weight is 381 g/mol. The molecule has 0 saturated heterocycles. The van der Waals surface area contributed by atoms with Gasteiger partial charge in [0.15, 0.2) is 0 Å². The molecule has 138 valence electrons. The molecule has 3 aromatic rings. The normalized spacial score (nSPS) is 11.6. The van der Waals surface area contributed by atoms with E-state index in [0.717, 1.165) is 11.1 Å². The van der Waals surface area contributed by atoms with Crippen molar-refractivity contribution in [2.45, 2.75) is 19.4 Å². The van der Waals surface area contributed by atoms with E-state index in [-0.39, 0.29) is 11.9 Å². The molecule has 2 N–H and O–H groups in total. The van der Waals surface area contributed by atoms with Gasteiger partial charge in [0.05, 0.1) is 12.4 Å². The number of hydrogen-bond donors (Lipinski definition) is 2. The molecular formula is C21H21ClN4O. The van der Waals surface area contributed by atoms with Gasteiger partial charge in [0, 0.05) is 17.6 Å². The van der Waals surface area contributed by atoms with Crippen LogP contribution in [0.5, 0.6) is 0 Å². The Labute approximate surface area is 163 Å². The number of anilines is 1. The van der Waals surface area contributed by atoms with Crippen molar-refractivity contribution >= 4 is 23.3 Å². The van der Waals surface area contributed by atoms with Crippen molar-refractivity contribution in [3.8, 4) is 0 Å². The number of carbonyl (C=O) groups excluding carboxylic acids is 1. The molecule has 1 amide bonds. The standard InChI is InChI=1S/C21H21ClN4O/c1-15(17-7-3-2-4-8-17)26-20-14-24-19(13-25-20)21(27)23-11-10-16-6-5-9-18(22)12-16/h2-9,12-15H,10-11H2,1H3,(H,23,27)(H,25,26). The fourth-order valence-electron chi connectivity index (χ4n) is 2.67. The van der Waals surface area contributed by atoms with Crippen molar-refractivity contribution in [2.24, 2.45) is 0 Å². The molecule has 0 bridgehead atoms. The predicted octanol–water partition coefficient (Wildman–Crippen LogP) is 4.28. The molecule has 5 nitrogen and oxygen atoms in total. The molecule has 0 saturated carbocycles. The summed E-state index contributed by atoms with van der Waals surface area (Å²) in [6.45, 7) is 2.55. The molecule has 3 rings (SSSR count). The van der Waals surface area contributed by atoms with Crippen LogP contribution in [0.3, 0.4) is 0 Å². The SMILES string of the molecule is CC(Nc1cnc(C(=O)NCCc2cccc(Cl)c2)cn1)c1ccccc1. The second-order valence-electron chi connectivity index (χ2n) is 6.20. The van der Waals surface area contributed by atoms with Crippen LogP contribution in [0.1, 0.15) is 34.6 Å². The van der Waals surface area contributed by atoms with E-state index >= 15 is 0 Å². The maximum atomic E-state index is 12.2. The van der Waals surface area contributed by atoms with Crippen molar-refractivity contribution in [1.29, 1.82) is 0 Å². The van der Waals surface area contributed by atoms with Crippen molar-refractivity contribution in [3.05, 3.63) is 88.8 Å². The van der Waals surface area contributed by atoms with E-state index in [1.54, 1.807) is 6.20 Å². The van der Waals surface area contributed by atoms with E-state index in [1.807, 2.05) is 61.5 Å². The monoisotopic (exact) mass is 380 g/mol. The maximum Gasteiger partial charge on any atom is 0.271 e. The summed E-state index contributed by atoms with van der Waals surface area (Å²) in [5, 5.41) is 6.82. The van der Waals surface area contributed by atoms with Crippen LogP contribution in [0.4, 0.5) is 5.82 Å². The first-order valence-corrected chi connectivity index (χ1v) is 9.16. The van der Waals surface area contributed by atoms with Crippen molar-refractivity contribution in [2.75, 3.05) is 11.9 Å². The van der Waals surface area contributed by atoms with Gasteiger partial charge in [-0.15, -0.1) is 0 Å². The van der Waals surface area contributed by atoms with E-state index in [9.17, 15) is 4.79 Å². The van der Waals surface area contributed by atoms with Crippen LogP contribution < -0.4 is 10.6 Å². The van der Waals surface area contributed by atoms with Gasteiger partial charge in [-0.2, -0.15) is 0 Å². The molecular weight excluding hydrogens is 360 g/mol. The lowest BCUT2D eigenvalue weighted by Gasteiger charge is -2.14. The van der Waals surface area contributed by atoms with E-state index in [4.69, 9.17) is 11.6 Å². The number of nitrogens with one attached hydrogen (secondary N) is 2. The fourth-order valence-corrected chi connectivity index (χ4v) is 2.88. The van der Waals surface area contributed by atoms with Gasteiger partial charge in [0.2, 0.25) is 0 Å². The zero-order valence-electron chi connectivity index (χ0n) is 15.0. The van der Waals surface area contributed by atoms with Crippen LogP contribution in [0, 0.1) is 0 Å². The van der Waals surface area contributed by atoms with Gasteiger partial charge >= 0.3 is 0 Å². The third kappa shape index (κ3) is 5.53. The Morgan fingerprint density at radius 2 is 1.89 bits per heavy atom. The van der Waals surface area contributed by atoms with Crippen LogP contribution in [-0.2, 0) is 6.42 Å². The minimum Gasteiger partial charge on any atom is -0.362 e. The number of nitrogens with zero attached hydrogens (tertiary/aromatic N) is 2. The molecule has 0 aliphatic carbocycles. The molecule has 0 radical (unpaired) electrons. The summed E-state index contributed by atoms with van der Waals surface area (Å²) in [5.74, 6) is 0.383. The van der Waals surface area contributed by atoms with Crippen molar-refractivity contribution in [1.82, 2.24) is 15.3 Å². The quantitative estimate of drug-likeness (QED) is 0.642. The van der Waals surface area contributed by atoms with Crippen LogP contribution in [0.2, 0.25) is 5.02 Å². The molecule has 1 atom stereocenters. The number of carbonyl (C=O) groups is 1. The van der Waals surface area contributed by atoms with Gasteiger partial charge in [-0.3, -0.25) is 4.79 Å². The third-order valence-corrected chi connectivity index (χ3v) is 4.37. The lowest BCUT2D eigenvalue weighted by molar-refractivity contribution is 0.0949. The Morgan fingerprint density at radius 1 is 1.07 bits per heavy atom. The zero-order chi connectivity index (χ0) is 19.1. The van der Waals surface area contributed by atoms with Crippen molar-refractivity contribution < 1.29 is 4.79 Å². The van der Waals surface area contributed by atoms with Gasteiger partial charge < -0.3 is 10.6 Å². The number of aromatic nitrogens is 2. The Bertz CT molecular complexity index is 884. The van der Waals surface area contributed by atoms with Gasteiger partial charge in [-0.25, -0.2) is 9.97 Å². The van der Waals surface area contributed by atoms with Crippen LogP contribution in [-0.4, -0.2) is 22.4 Å². The van der Waals surface area contributed by atoms with E-state index < -0.39 is 0 Å².